The quantitative estimate of drug-likeness (QED) is 0.548. The van der Waals surface area contributed by atoms with Crippen molar-refractivity contribution in [2.75, 3.05) is 0 Å². The highest BCUT2D eigenvalue weighted by molar-refractivity contribution is 6.00. The third-order valence-electron chi connectivity index (χ3n) is 6.51. The Kier molecular flexibility index (Phi) is 4.40. The molecule has 2 N–H and O–H groups in total. The van der Waals surface area contributed by atoms with Crippen LogP contribution < -0.4 is 5.32 Å². The number of aromatic hydroxyl groups is 1. The summed E-state index contributed by atoms with van der Waals surface area (Å²) in [6.45, 7) is 5.01. The summed E-state index contributed by atoms with van der Waals surface area (Å²) in [5, 5.41) is 17.2. The zero-order chi connectivity index (χ0) is 19.3. The van der Waals surface area contributed by atoms with Crippen LogP contribution in [0.15, 0.2) is 48.5 Å². The van der Waals surface area contributed by atoms with Crippen molar-refractivity contribution in [2.45, 2.75) is 52.1 Å². The van der Waals surface area contributed by atoms with Crippen LogP contribution in [-0.4, -0.2) is 11.1 Å². The summed E-state index contributed by atoms with van der Waals surface area (Å²) in [7, 11) is 0. The van der Waals surface area contributed by atoms with Gasteiger partial charge in [0.2, 0.25) is 0 Å². The predicted octanol–water partition coefficient (Wildman–Crippen LogP) is 6.11. The summed E-state index contributed by atoms with van der Waals surface area (Å²) < 4.78 is 0. The van der Waals surface area contributed by atoms with E-state index in [0.29, 0.717) is 11.8 Å². The Bertz CT molecular complexity index is 995. The van der Waals surface area contributed by atoms with Gasteiger partial charge in [-0.25, -0.2) is 0 Å². The first-order valence-electron chi connectivity index (χ1n) is 10.7. The normalized spacial score (nSPS) is 16.8. The van der Waals surface area contributed by atoms with Crippen molar-refractivity contribution in [1.29, 1.82) is 0 Å². The third kappa shape index (κ3) is 3.31. The lowest BCUT2D eigenvalue weighted by Gasteiger charge is -2.21. The summed E-state index contributed by atoms with van der Waals surface area (Å²) in [6.07, 6.45) is 5.54. The van der Waals surface area contributed by atoms with Crippen LogP contribution in [0.25, 0.3) is 21.9 Å². The van der Waals surface area contributed by atoms with E-state index >= 15 is 0 Å². The lowest BCUT2D eigenvalue weighted by molar-refractivity contribution is 0.416. The predicted molar refractivity (Wildman–Crippen MR) is 117 cm³/mol. The molecule has 2 nitrogen and oxygen atoms in total. The van der Waals surface area contributed by atoms with Crippen molar-refractivity contribution in [3.63, 3.8) is 0 Å². The van der Waals surface area contributed by atoms with Crippen LogP contribution in [0.5, 0.6) is 5.75 Å². The van der Waals surface area contributed by atoms with E-state index in [4.69, 9.17) is 0 Å². The van der Waals surface area contributed by atoms with E-state index in [9.17, 15) is 5.11 Å². The number of benzene rings is 3. The number of hydrogen-bond acceptors (Lipinski definition) is 2. The highest BCUT2D eigenvalue weighted by atomic mass is 16.3. The number of phenols is 1. The molecule has 2 aliphatic rings. The second-order valence-corrected chi connectivity index (χ2v) is 8.88. The lowest BCUT2D eigenvalue weighted by atomic mass is 9.89. The van der Waals surface area contributed by atoms with E-state index in [-0.39, 0.29) is 0 Å². The van der Waals surface area contributed by atoms with Gasteiger partial charge in [0.15, 0.2) is 0 Å². The van der Waals surface area contributed by atoms with E-state index in [1.807, 2.05) is 13.0 Å². The maximum absolute atomic E-state index is 10.9. The largest absolute Gasteiger partial charge is 0.507 e. The summed E-state index contributed by atoms with van der Waals surface area (Å²) in [4.78, 5) is 0. The van der Waals surface area contributed by atoms with Crippen molar-refractivity contribution in [1.82, 2.24) is 5.32 Å². The van der Waals surface area contributed by atoms with Crippen LogP contribution in [-0.2, 0) is 6.54 Å². The molecule has 2 aliphatic carbocycles. The van der Waals surface area contributed by atoms with Crippen LogP contribution in [0.3, 0.4) is 0 Å². The number of aryl methyl sites for hydroxylation is 2. The molecule has 28 heavy (non-hydrogen) atoms. The molecule has 0 amide bonds. The maximum Gasteiger partial charge on any atom is 0.123 e. The number of rotatable bonds is 6. The van der Waals surface area contributed by atoms with Crippen LogP contribution in [0.4, 0.5) is 0 Å². The molecule has 2 fully saturated rings. The Hall–Kier alpha value is -2.32. The molecule has 0 radical (unpaired) electrons. The van der Waals surface area contributed by atoms with E-state index in [0.717, 1.165) is 35.1 Å². The number of hydrogen-bond donors (Lipinski definition) is 2. The molecule has 144 valence electrons. The van der Waals surface area contributed by atoms with Gasteiger partial charge in [0.1, 0.15) is 5.75 Å². The van der Waals surface area contributed by atoms with Gasteiger partial charge in [-0.1, -0.05) is 42.5 Å². The lowest BCUT2D eigenvalue weighted by Crippen LogP contribution is -2.32. The summed E-state index contributed by atoms with van der Waals surface area (Å²) in [6, 6.07) is 17.7. The molecule has 0 atom stereocenters. The van der Waals surface area contributed by atoms with Gasteiger partial charge < -0.3 is 10.4 Å². The first-order valence-corrected chi connectivity index (χ1v) is 10.7. The Labute approximate surface area is 167 Å². The molecule has 0 saturated heterocycles. The fraction of sp³-hybridized carbons (Fsp3) is 0.385. The van der Waals surface area contributed by atoms with Crippen LogP contribution in [0.1, 0.15) is 42.4 Å². The summed E-state index contributed by atoms with van der Waals surface area (Å²) in [5.41, 5.74) is 5.68. The van der Waals surface area contributed by atoms with Gasteiger partial charge in [0.25, 0.3) is 0 Å². The van der Waals surface area contributed by atoms with Gasteiger partial charge in [0, 0.05) is 18.2 Å². The molecule has 2 saturated carbocycles. The molecule has 3 aromatic rings. The molecular weight excluding hydrogens is 342 g/mol. The first kappa shape index (κ1) is 17.8. The minimum atomic E-state index is 0.385. The second-order valence-electron chi connectivity index (χ2n) is 8.88. The third-order valence-corrected chi connectivity index (χ3v) is 6.51. The number of fused-ring (bicyclic) bond motifs is 1. The van der Waals surface area contributed by atoms with Gasteiger partial charge in [-0.15, -0.1) is 0 Å². The molecule has 0 unspecified atom stereocenters. The van der Waals surface area contributed by atoms with E-state index in [1.54, 1.807) is 0 Å². The molecule has 0 aliphatic heterocycles. The zero-order valence-electron chi connectivity index (χ0n) is 16.8. The molecule has 0 spiro atoms. The smallest absolute Gasteiger partial charge is 0.123 e. The Balaban J connectivity index is 1.60. The molecule has 0 bridgehead atoms. The van der Waals surface area contributed by atoms with Crippen molar-refractivity contribution >= 4 is 10.8 Å². The number of nitrogens with one attached hydrogen (secondary N) is 1. The van der Waals surface area contributed by atoms with Crippen molar-refractivity contribution in [3.05, 3.63) is 65.2 Å². The topological polar surface area (TPSA) is 32.3 Å². The van der Waals surface area contributed by atoms with Gasteiger partial charge in [-0.2, -0.15) is 0 Å². The SMILES string of the molecule is Cc1cc(C)c(-c2c(CNC(C3CC3)C3CC3)ccc3ccccc23)c(O)c1. The van der Waals surface area contributed by atoms with E-state index in [1.165, 1.54) is 47.6 Å². The maximum atomic E-state index is 10.9. The highest BCUT2D eigenvalue weighted by Crippen LogP contribution is 2.45. The van der Waals surface area contributed by atoms with E-state index in [2.05, 4.69) is 54.7 Å². The average Bonchev–Trinajstić information content (AvgIpc) is 3.56. The molecular formula is C26H29NO. The first-order chi connectivity index (χ1) is 13.6. The molecule has 0 aromatic heterocycles. The summed E-state index contributed by atoms with van der Waals surface area (Å²) >= 11 is 0. The Morgan fingerprint density at radius 1 is 0.929 bits per heavy atom. The van der Waals surface area contributed by atoms with Crippen LogP contribution >= 0.6 is 0 Å². The molecule has 3 aromatic carbocycles. The van der Waals surface area contributed by atoms with Gasteiger partial charge in [-0.05, 0) is 90.5 Å². The molecule has 2 heteroatoms. The minimum absolute atomic E-state index is 0.385. The molecule has 5 rings (SSSR count). The fourth-order valence-electron chi connectivity index (χ4n) is 4.89. The minimum Gasteiger partial charge on any atom is -0.507 e. The fourth-order valence-corrected chi connectivity index (χ4v) is 4.89. The second kappa shape index (κ2) is 6.93. The van der Waals surface area contributed by atoms with Gasteiger partial charge in [0.05, 0.1) is 0 Å². The standard InChI is InChI=1S/C26H29NO/c1-16-13-17(2)24(23(28)14-16)25-21(12-7-18-5-3-4-6-22(18)25)15-27-26(19-8-9-19)20-10-11-20/h3-7,12-14,19-20,26-28H,8-11,15H2,1-2H3. The average molecular weight is 372 g/mol. The zero-order valence-corrected chi connectivity index (χ0v) is 16.8. The Morgan fingerprint density at radius 3 is 2.32 bits per heavy atom. The number of phenolic OH excluding ortho intramolecular Hbond substituents is 1. The highest BCUT2D eigenvalue weighted by Gasteiger charge is 2.41. The van der Waals surface area contributed by atoms with Gasteiger partial charge >= 0.3 is 0 Å². The van der Waals surface area contributed by atoms with Crippen molar-refractivity contribution < 1.29 is 5.11 Å². The van der Waals surface area contributed by atoms with Crippen molar-refractivity contribution in [3.8, 4) is 16.9 Å². The summed E-state index contributed by atoms with van der Waals surface area (Å²) in [5.74, 6) is 2.15. The Morgan fingerprint density at radius 2 is 1.64 bits per heavy atom. The monoisotopic (exact) mass is 371 g/mol. The van der Waals surface area contributed by atoms with Gasteiger partial charge in [-0.3, -0.25) is 0 Å². The van der Waals surface area contributed by atoms with Crippen LogP contribution in [0.2, 0.25) is 0 Å². The molecule has 0 heterocycles. The van der Waals surface area contributed by atoms with Crippen molar-refractivity contribution in [2.24, 2.45) is 11.8 Å². The van der Waals surface area contributed by atoms with Crippen LogP contribution in [0, 0.1) is 25.7 Å². The van der Waals surface area contributed by atoms with E-state index < -0.39 is 0 Å².